The Kier molecular flexibility index (Phi) is 4.11. The van der Waals surface area contributed by atoms with Gasteiger partial charge in [0.2, 0.25) is 5.91 Å². The number of nitrogens with one attached hydrogen (secondary N) is 2. The summed E-state index contributed by atoms with van der Waals surface area (Å²) in [5.41, 5.74) is 0.886. The summed E-state index contributed by atoms with van der Waals surface area (Å²) in [6.07, 6.45) is 5.83. The zero-order valence-electron chi connectivity index (χ0n) is 15.1. The van der Waals surface area contributed by atoms with E-state index in [9.17, 15) is 9.59 Å². The molecule has 4 rings (SSSR count). The summed E-state index contributed by atoms with van der Waals surface area (Å²) in [7, 11) is 0. The number of piperidine rings is 1. The third kappa shape index (κ3) is 2.68. The van der Waals surface area contributed by atoms with E-state index in [1.807, 2.05) is 6.92 Å². The Morgan fingerprint density at radius 1 is 1.36 bits per heavy atom. The zero-order chi connectivity index (χ0) is 17.8. The van der Waals surface area contributed by atoms with E-state index in [2.05, 4.69) is 27.4 Å². The molecule has 6 nitrogen and oxygen atoms in total. The third-order valence-corrected chi connectivity index (χ3v) is 7.35. The van der Waals surface area contributed by atoms with Crippen LogP contribution in [0, 0.1) is 12.3 Å². The molecule has 25 heavy (non-hydrogen) atoms. The molecule has 2 N–H and O–H groups in total. The van der Waals surface area contributed by atoms with Gasteiger partial charge in [-0.1, -0.05) is 31.1 Å². The predicted octanol–water partition coefficient (Wildman–Crippen LogP) is 2.55. The van der Waals surface area contributed by atoms with Gasteiger partial charge in [-0.3, -0.25) is 9.59 Å². The number of hydrogen-bond acceptors (Lipinski definition) is 5. The number of aromatic nitrogens is 1. The second-order valence-corrected chi connectivity index (χ2v) is 8.95. The molecule has 4 atom stereocenters. The molecule has 3 heterocycles. The van der Waals surface area contributed by atoms with Crippen molar-refractivity contribution in [2.75, 3.05) is 11.9 Å². The second kappa shape index (κ2) is 6.06. The fraction of sp³-hybridized carbons (Fsp3) is 0.722. The van der Waals surface area contributed by atoms with Crippen LogP contribution >= 0.6 is 11.3 Å². The van der Waals surface area contributed by atoms with Gasteiger partial charge < -0.3 is 15.5 Å². The molecule has 1 saturated carbocycles. The molecule has 3 fully saturated rings. The van der Waals surface area contributed by atoms with Crippen LogP contribution in [0.3, 0.4) is 0 Å². The van der Waals surface area contributed by atoms with Crippen LogP contribution in [0.4, 0.5) is 5.13 Å². The number of fused-ring (bicyclic) bond motifs is 1. The quantitative estimate of drug-likeness (QED) is 0.848. The number of nitrogens with zero attached hydrogens (tertiary/aromatic N) is 2. The number of thiazole rings is 1. The summed E-state index contributed by atoms with van der Waals surface area (Å²) in [6.45, 7) is 6.56. The molecule has 136 valence electrons. The minimum atomic E-state index is -0.159. The maximum absolute atomic E-state index is 13.4. The van der Waals surface area contributed by atoms with E-state index in [1.54, 1.807) is 0 Å². The Morgan fingerprint density at radius 2 is 2.12 bits per heavy atom. The highest BCUT2D eigenvalue weighted by molar-refractivity contribution is 7.17. The molecule has 0 aromatic carbocycles. The standard InChI is InChI=1S/C18H26N4O2S/c1-10-15(25-17(20-10)21-11(2)23)16(24)22-12-8-18(3)13(19-9-12)6-4-5-7-14(18)22/h12-14,19H,4-9H2,1-3H3,(H,20,21,23)/t12-,13+,14-,18+/m0/s1. The highest BCUT2D eigenvalue weighted by Gasteiger charge is 2.57. The molecule has 1 aromatic heterocycles. The minimum Gasteiger partial charge on any atom is -0.330 e. The van der Waals surface area contributed by atoms with Crippen molar-refractivity contribution < 1.29 is 9.59 Å². The van der Waals surface area contributed by atoms with E-state index in [0.29, 0.717) is 27.8 Å². The number of carbonyl (C=O) groups is 2. The lowest BCUT2D eigenvalue weighted by Crippen LogP contribution is -2.51. The summed E-state index contributed by atoms with van der Waals surface area (Å²) in [5, 5.41) is 6.93. The van der Waals surface area contributed by atoms with Crippen LogP contribution in [0.2, 0.25) is 0 Å². The molecule has 0 unspecified atom stereocenters. The van der Waals surface area contributed by atoms with Crippen molar-refractivity contribution in [2.24, 2.45) is 5.41 Å². The lowest BCUT2D eigenvalue weighted by molar-refractivity contribution is -0.114. The second-order valence-electron chi connectivity index (χ2n) is 7.95. The molecular formula is C18H26N4O2S. The van der Waals surface area contributed by atoms with Gasteiger partial charge in [0.15, 0.2) is 5.13 Å². The first kappa shape index (κ1) is 17.0. The van der Waals surface area contributed by atoms with Gasteiger partial charge in [0.05, 0.1) is 5.69 Å². The smallest absolute Gasteiger partial charge is 0.266 e. The minimum absolute atomic E-state index is 0.0923. The summed E-state index contributed by atoms with van der Waals surface area (Å²) in [4.78, 5) is 31.9. The largest absolute Gasteiger partial charge is 0.330 e. The first-order valence-electron chi connectivity index (χ1n) is 9.21. The van der Waals surface area contributed by atoms with Gasteiger partial charge >= 0.3 is 0 Å². The number of likely N-dealkylation sites (tertiary alicyclic amines) is 1. The van der Waals surface area contributed by atoms with E-state index in [0.717, 1.165) is 19.4 Å². The monoisotopic (exact) mass is 362 g/mol. The van der Waals surface area contributed by atoms with Crippen LogP contribution in [0.25, 0.3) is 0 Å². The summed E-state index contributed by atoms with van der Waals surface area (Å²) in [5.74, 6) is -0.0669. The fourth-order valence-electron chi connectivity index (χ4n) is 5.18. The summed E-state index contributed by atoms with van der Waals surface area (Å²) < 4.78 is 0. The number of rotatable bonds is 2. The van der Waals surface area contributed by atoms with Gasteiger partial charge in [0.1, 0.15) is 4.88 Å². The van der Waals surface area contributed by atoms with Crippen LogP contribution in [0.15, 0.2) is 0 Å². The molecule has 2 bridgehead atoms. The first-order valence-corrected chi connectivity index (χ1v) is 10.0. The lowest BCUT2D eigenvalue weighted by atomic mass is 9.72. The van der Waals surface area contributed by atoms with Crippen molar-refractivity contribution in [1.29, 1.82) is 0 Å². The highest BCUT2D eigenvalue weighted by atomic mass is 32.1. The Balaban J connectivity index is 1.66. The molecule has 3 aliphatic rings. The molecule has 0 spiro atoms. The Morgan fingerprint density at radius 3 is 2.88 bits per heavy atom. The van der Waals surface area contributed by atoms with E-state index in [4.69, 9.17) is 0 Å². The van der Waals surface area contributed by atoms with Gasteiger partial charge in [-0.2, -0.15) is 0 Å². The maximum atomic E-state index is 13.4. The van der Waals surface area contributed by atoms with Crippen LogP contribution in [-0.4, -0.2) is 46.4 Å². The molecule has 1 aromatic rings. The van der Waals surface area contributed by atoms with Crippen LogP contribution < -0.4 is 10.6 Å². The van der Waals surface area contributed by atoms with Crippen LogP contribution in [0.1, 0.15) is 61.3 Å². The topological polar surface area (TPSA) is 74.3 Å². The number of carbonyl (C=O) groups excluding carboxylic acids is 2. The average Bonchev–Trinajstić information content (AvgIpc) is 2.94. The van der Waals surface area contributed by atoms with Crippen molar-refractivity contribution >= 4 is 28.3 Å². The molecule has 0 radical (unpaired) electrons. The van der Waals surface area contributed by atoms with Crippen molar-refractivity contribution in [2.45, 2.75) is 71.0 Å². The number of aryl methyl sites for hydroxylation is 1. The molecule has 2 aliphatic heterocycles. The Hall–Kier alpha value is -1.47. The Bertz CT molecular complexity index is 718. The first-order chi connectivity index (χ1) is 11.9. The lowest BCUT2D eigenvalue weighted by Gasteiger charge is -2.39. The number of anilines is 1. The maximum Gasteiger partial charge on any atom is 0.266 e. The van der Waals surface area contributed by atoms with Crippen molar-refractivity contribution in [3.8, 4) is 0 Å². The Labute approximate surface area is 152 Å². The van der Waals surface area contributed by atoms with Gasteiger partial charge in [-0.15, -0.1) is 0 Å². The number of amides is 2. The normalized spacial score (nSPS) is 33.9. The van der Waals surface area contributed by atoms with Crippen molar-refractivity contribution in [3.05, 3.63) is 10.6 Å². The molecule has 2 amide bonds. The predicted molar refractivity (Wildman–Crippen MR) is 97.9 cm³/mol. The van der Waals surface area contributed by atoms with E-state index in [1.165, 1.54) is 37.5 Å². The summed E-state index contributed by atoms with van der Waals surface area (Å²) in [6, 6.07) is 1.09. The van der Waals surface area contributed by atoms with E-state index < -0.39 is 0 Å². The van der Waals surface area contributed by atoms with Gasteiger partial charge in [-0.25, -0.2) is 4.98 Å². The molecule has 1 aliphatic carbocycles. The van der Waals surface area contributed by atoms with Crippen molar-refractivity contribution in [3.63, 3.8) is 0 Å². The number of hydrogen-bond donors (Lipinski definition) is 2. The zero-order valence-corrected chi connectivity index (χ0v) is 15.9. The fourth-order valence-corrected chi connectivity index (χ4v) is 6.14. The third-order valence-electron chi connectivity index (χ3n) is 6.29. The molecular weight excluding hydrogens is 336 g/mol. The molecule has 7 heteroatoms. The SMILES string of the molecule is CC(=O)Nc1nc(C)c(C(=O)N2[C@@H]3CN[C@@H]4CCCC[C@H]2[C@]4(C)C3)s1. The summed E-state index contributed by atoms with van der Waals surface area (Å²) >= 11 is 1.30. The van der Waals surface area contributed by atoms with E-state index in [-0.39, 0.29) is 23.3 Å². The highest BCUT2D eigenvalue weighted by Crippen LogP contribution is 2.51. The van der Waals surface area contributed by atoms with Gasteiger partial charge in [0, 0.05) is 37.0 Å². The van der Waals surface area contributed by atoms with Crippen LogP contribution in [-0.2, 0) is 4.79 Å². The van der Waals surface area contributed by atoms with E-state index >= 15 is 0 Å². The van der Waals surface area contributed by atoms with Gasteiger partial charge in [0.25, 0.3) is 5.91 Å². The van der Waals surface area contributed by atoms with Crippen molar-refractivity contribution in [1.82, 2.24) is 15.2 Å². The van der Waals surface area contributed by atoms with Crippen LogP contribution in [0.5, 0.6) is 0 Å². The average molecular weight is 362 g/mol. The molecule has 2 saturated heterocycles. The van der Waals surface area contributed by atoms with Gasteiger partial charge in [-0.05, 0) is 26.2 Å².